The predicted molar refractivity (Wildman–Crippen MR) is 88.7 cm³/mol. The molecule has 6 nitrogen and oxygen atoms in total. The summed E-state index contributed by atoms with van der Waals surface area (Å²) in [5.41, 5.74) is 1.06. The zero-order valence-corrected chi connectivity index (χ0v) is 13.7. The molecule has 1 aromatic rings. The largest absolute Gasteiger partial charge is 0.354 e. The van der Waals surface area contributed by atoms with Crippen LogP contribution in [0.1, 0.15) is 24.8 Å². The summed E-state index contributed by atoms with van der Waals surface area (Å²) in [5.74, 6) is -0.144. The van der Waals surface area contributed by atoms with Crippen LogP contribution < -0.4 is 10.6 Å². The van der Waals surface area contributed by atoms with Gasteiger partial charge in [0.05, 0.1) is 5.92 Å². The predicted octanol–water partition coefficient (Wildman–Crippen LogP) is 0.677. The van der Waals surface area contributed by atoms with E-state index in [-0.39, 0.29) is 36.0 Å². The van der Waals surface area contributed by atoms with E-state index >= 15 is 0 Å². The fourth-order valence-corrected chi connectivity index (χ4v) is 2.91. The molecule has 1 aliphatic carbocycles. The van der Waals surface area contributed by atoms with Crippen LogP contribution in [0.5, 0.6) is 0 Å². The number of carbonyl (C=O) groups is 3. The first kappa shape index (κ1) is 16.5. The number of hydrogen-bond acceptors (Lipinski definition) is 3. The van der Waals surface area contributed by atoms with E-state index in [0.29, 0.717) is 26.2 Å². The monoisotopic (exact) mass is 329 g/mol. The van der Waals surface area contributed by atoms with Crippen molar-refractivity contribution in [2.24, 2.45) is 11.8 Å². The molecule has 3 amide bonds. The summed E-state index contributed by atoms with van der Waals surface area (Å²) >= 11 is 0. The van der Waals surface area contributed by atoms with Gasteiger partial charge in [0.25, 0.3) is 0 Å². The first-order chi connectivity index (χ1) is 11.6. The van der Waals surface area contributed by atoms with Crippen LogP contribution in [0.2, 0.25) is 0 Å². The van der Waals surface area contributed by atoms with E-state index in [2.05, 4.69) is 10.6 Å². The highest BCUT2D eigenvalue weighted by atomic mass is 16.2. The van der Waals surface area contributed by atoms with Crippen LogP contribution in [0.3, 0.4) is 0 Å². The normalized spacial score (nSPS) is 20.1. The first-order valence-electron chi connectivity index (χ1n) is 8.50. The van der Waals surface area contributed by atoms with Crippen molar-refractivity contribution in [3.05, 3.63) is 35.9 Å². The standard InChI is InChI=1S/C18H23N3O3/c22-16-10-15(12-21(16)11-13-4-2-1-3-5-13)18(24)20-9-8-19-17(23)14-6-7-14/h1-5,14-15H,6-12H2,(H,19,23)(H,20,24)/t15-/m0/s1. The van der Waals surface area contributed by atoms with Crippen LogP contribution in [-0.2, 0) is 20.9 Å². The van der Waals surface area contributed by atoms with Crippen LogP contribution in [0.15, 0.2) is 30.3 Å². The van der Waals surface area contributed by atoms with E-state index in [4.69, 9.17) is 0 Å². The molecule has 2 fully saturated rings. The molecule has 0 aromatic heterocycles. The highest BCUT2D eigenvalue weighted by molar-refractivity contribution is 5.89. The Morgan fingerprint density at radius 1 is 1.00 bits per heavy atom. The van der Waals surface area contributed by atoms with Gasteiger partial charge in [-0.15, -0.1) is 0 Å². The van der Waals surface area contributed by atoms with Gasteiger partial charge in [0.2, 0.25) is 17.7 Å². The lowest BCUT2D eigenvalue weighted by molar-refractivity contribution is -0.129. The van der Waals surface area contributed by atoms with Gasteiger partial charge < -0.3 is 15.5 Å². The molecule has 24 heavy (non-hydrogen) atoms. The maximum Gasteiger partial charge on any atom is 0.225 e. The molecule has 0 bridgehead atoms. The fourth-order valence-electron chi connectivity index (χ4n) is 2.91. The van der Waals surface area contributed by atoms with Gasteiger partial charge in [-0.25, -0.2) is 0 Å². The lowest BCUT2D eigenvalue weighted by atomic mass is 10.1. The van der Waals surface area contributed by atoms with Crippen LogP contribution in [-0.4, -0.2) is 42.3 Å². The van der Waals surface area contributed by atoms with Crippen molar-refractivity contribution in [3.8, 4) is 0 Å². The number of benzene rings is 1. The molecule has 0 unspecified atom stereocenters. The molecule has 1 heterocycles. The Bertz CT molecular complexity index is 613. The maximum absolute atomic E-state index is 12.2. The summed E-state index contributed by atoms with van der Waals surface area (Å²) in [6.07, 6.45) is 2.20. The molecule has 1 saturated carbocycles. The Kier molecular flexibility index (Phi) is 5.13. The maximum atomic E-state index is 12.2. The second kappa shape index (κ2) is 7.47. The highest BCUT2D eigenvalue weighted by Gasteiger charge is 2.34. The minimum atomic E-state index is -0.305. The van der Waals surface area contributed by atoms with Gasteiger partial charge in [0, 0.05) is 38.5 Å². The van der Waals surface area contributed by atoms with E-state index < -0.39 is 0 Å². The van der Waals surface area contributed by atoms with Crippen LogP contribution in [0, 0.1) is 11.8 Å². The molecule has 3 rings (SSSR count). The molecule has 1 aromatic carbocycles. The first-order valence-corrected chi connectivity index (χ1v) is 8.50. The summed E-state index contributed by atoms with van der Waals surface area (Å²) in [7, 11) is 0. The molecule has 128 valence electrons. The number of nitrogens with one attached hydrogen (secondary N) is 2. The van der Waals surface area contributed by atoms with Crippen molar-refractivity contribution < 1.29 is 14.4 Å². The summed E-state index contributed by atoms with van der Waals surface area (Å²) in [4.78, 5) is 37.5. The van der Waals surface area contributed by atoms with Crippen LogP contribution >= 0.6 is 0 Å². The minimum absolute atomic E-state index is 0.0149. The third-order valence-corrected chi connectivity index (χ3v) is 4.47. The zero-order chi connectivity index (χ0) is 16.9. The van der Waals surface area contributed by atoms with Gasteiger partial charge in [-0.05, 0) is 18.4 Å². The SMILES string of the molecule is O=C(NCCNC(=O)[C@H]1CC(=O)N(Cc2ccccc2)C1)C1CC1. The van der Waals surface area contributed by atoms with Gasteiger partial charge in [-0.1, -0.05) is 30.3 Å². The summed E-state index contributed by atoms with van der Waals surface area (Å²) in [6.45, 7) is 1.84. The molecule has 2 N–H and O–H groups in total. The Morgan fingerprint density at radius 2 is 1.62 bits per heavy atom. The Morgan fingerprint density at radius 3 is 2.25 bits per heavy atom. The zero-order valence-electron chi connectivity index (χ0n) is 13.7. The van der Waals surface area contributed by atoms with Gasteiger partial charge in [-0.2, -0.15) is 0 Å². The average Bonchev–Trinajstić information content (AvgIpc) is 3.37. The third kappa shape index (κ3) is 4.34. The van der Waals surface area contributed by atoms with E-state index in [0.717, 1.165) is 18.4 Å². The number of carbonyl (C=O) groups excluding carboxylic acids is 3. The van der Waals surface area contributed by atoms with Crippen molar-refractivity contribution >= 4 is 17.7 Å². The van der Waals surface area contributed by atoms with Crippen molar-refractivity contribution in [1.82, 2.24) is 15.5 Å². The lowest BCUT2D eigenvalue weighted by Gasteiger charge is -2.16. The lowest BCUT2D eigenvalue weighted by Crippen LogP contribution is -2.38. The van der Waals surface area contributed by atoms with Crippen molar-refractivity contribution in [2.75, 3.05) is 19.6 Å². The second-order valence-corrected chi connectivity index (χ2v) is 6.52. The Balaban J connectivity index is 1.39. The molecule has 1 atom stereocenters. The molecule has 2 aliphatic rings. The smallest absolute Gasteiger partial charge is 0.225 e. The summed E-state index contributed by atoms with van der Waals surface area (Å²) in [5, 5.41) is 5.62. The van der Waals surface area contributed by atoms with Crippen molar-refractivity contribution in [3.63, 3.8) is 0 Å². The van der Waals surface area contributed by atoms with E-state index in [1.165, 1.54) is 0 Å². The van der Waals surface area contributed by atoms with Crippen molar-refractivity contribution in [2.45, 2.75) is 25.8 Å². The number of likely N-dealkylation sites (tertiary alicyclic amines) is 1. The molecular formula is C18H23N3O3. The molecule has 1 saturated heterocycles. The molecule has 1 aliphatic heterocycles. The topological polar surface area (TPSA) is 78.5 Å². The molecular weight excluding hydrogens is 306 g/mol. The van der Waals surface area contributed by atoms with Gasteiger partial charge in [0.1, 0.15) is 0 Å². The van der Waals surface area contributed by atoms with Gasteiger partial charge in [-0.3, -0.25) is 14.4 Å². The minimum Gasteiger partial charge on any atom is -0.354 e. The quantitative estimate of drug-likeness (QED) is 0.722. The summed E-state index contributed by atoms with van der Waals surface area (Å²) in [6, 6.07) is 9.77. The Labute approximate surface area is 141 Å². The van der Waals surface area contributed by atoms with Gasteiger partial charge >= 0.3 is 0 Å². The molecule has 0 spiro atoms. The van der Waals surface area contributed by atoms with Crippen molar-refractivity contribution in [1.29, 1.82) is 0 Å². The van der Waals surface area contributed by atoms with E-state index in [1.54, 1.807) is 4.90 Å². The van der Waals surface area contributed by atoms with Crippen LogP contribution in [0.25, 0.3) is 0 Å². The second-order valence-electron chi connectivity index (χ2n) is 6.52. The third-order valence-electron chi connectivity index (χ3n) is 4.47. The number of hydrogen-bond donors (Lipinski definition) is 2. The number of nitrogens with zero attached hydrogens (tertiary/aromatic N) is 1. The average molecular weight is 329 g/mol. The Hall–Kier alpha value is -2.37. The summed E-state index contributed by atoms with van der Waals surface area (Å²) < 4.78 is 0. The van der Waals surface area contributed by atoms with E-state index in [9.17, 15) is 14.4 Å². The van der Waals surface area contributed by atoms with E-state index in [1.807, 2.05) is 30.3 Å². The fraction of sp³-hybridized carbons (Fsp3) is 0.500. The molecule has 6 heteroatoms. The highest BCUT2D eigenvalue weighted by Crippen LogP contribution is 2.28. The van der Waals surface area contributed by atoms with Crippen LogP contribution in [0.4, 0.5) is 0 Å². The van der Waals surface area contributed by atoms with Gasteiger partial charge in [0.15, 0.2) is 0 Å². The molecule has 0 radical (unpaired) electrons. The number of amides is 3. The number of rotatable bonds is 7.